The van der Waals surface area contributed by atoms with E-state index in [0.717, 1.165) is 11.3 Å². The third-order valence-electron chi connectivity index (χ3n) is 4.91. The van der Waals surface area contributed by atoms with Crippen LogP contribution in [0.4, 0.5) is 11.4 Å². The minimum absolute atomic E-state index is 0.0142. The maximum atomic E-state index is 12.6. The summed E-state index contributed by atoms with van der Waals surface area (Å²) in [7, 11) is 1.53. The number of rotatable bonds is 7. The van der Waals surface area contributed by atoms with Crippen molar-refractivity contribution < 1.29 is 19.1 Å². The fraction of sp³-hybridized carbons (Fsp3) is 0.167. The van der Waals surface area contributed by atoms with Crippen LogP contribution in [0, 0.1) is 0 Å². The van der Waals surface area contributed by atoms with Gasteiger partial charge in [-0.2, -0.15) is 0 Å². The van der Waals surface area contributed by atoms with Crippen LogP contribution in [0.5, 0.6) is 11.5 Å². The summed E-state index contributed by atoms with van der Waals surface area (Å²) in [4.78, 5) is 26.7. The van der Waals surface area contributed by atoms with E-state index in [-0.39, 0.29) is 23.8 Å². The number of hydrogen-bond donors (Lipinski definition) is 1. The second kappa shape index (κ2) is 10.5. The molecule has 33 heavy (non-hydrogen) atoms. The van der Waals surface area contributed by atoms with Gasteiger partial charge in [-0.05, 0) is 70.0 Å². The van der Waals surface area contributed by atoms with Crippen LogP contribution in [-0.2, 0) is 9.59 Å². The summed E-state index contributed by atoms with van der Waals surface area (Å²) in [5.41, 5.74) is 2.33. The van der Waals surface area contributed by atoms with Gasteiger partial charge in [-0.25, -0.2) is 0 Å². The number of benzene rings is 3. The molecular weight excluding hydrogens is 528 g/mol. The molecule has 0 aliphatic carbocycles. The molecule has 1 N–H and O–H groups in total. The number of methoxy groups -OCH3 is 1. The molecule has 0 saturated carbocycles. The second-order valence-electron chi connectivity index (χ2n) is 7.14. The number of carbonyl (C=O) groups is 2. The van der Waals surface area contributed by atoms with Gasteiger partial charge in [-0.1, -0.05) is 29.8 Å². The monoisotopic (exact) mass is 546 g/mol. The van der Waals surface area contributed by atoms with Gasteiger partial charge in [0.25, 0.3) is 5.91 Å². The fourth-order valence-electron chi connectivity index (χ4n) is 3.43. The minimum atomic E-state index is -0.287. The lowest BCUT2D eigenvalue weighted by atomic mass is 10.1. The molecule has 1 aliphatic heterocycles. The van der Waals surface area contributed by atoms with Crippen LogP contribution in [0.2, 0.25) is 5.02 Å². The average molecular weight is 548 g/mol. The highest BCUT2D eigenvalue weighted by Gasteiger charge is 2.35. The largest absolute Gasteiger partial charge is 0.493 e. The summed E-state index contributed by atoms with van der Waals surface area (Å²) >= 11 is 11.1. The summed E-state index contributed by atoms with van der Waals surface area (Å²) in [5, 5.41) is 3.15. The van der Waals surface area contributed by atoms with Crippen molar-refractivity contribution in [3.05, 3.63) is 81.8 Å². The SMILES string of the molecule is COc1cc([C@H]2SCC(=O)N2c2ccc(Cl)cc2)cc(Br)c1OCC(=O)Nc1ccccc1. The van der Waals surface area contributed by atoms with Crippen molar-refractivity contribution >= 4 is 62.5 Å². The molecular formula is C24H20BrClN2O4S. The van der Waals surface area contributed by atoms with E-state index in [1.807, 2.05) is 42.5 Å². The van der Waals surface area contributed by atoms with E-state index in [1.165, 1.54) is 18.9 Å². The van der Waals surface area contributed by atoms with Crippen molar-refractivity contribution in [3.63, 3.8) is 0 Å². The van der Waals surface area contributed by atoms with Crippen LogP contribution in [0.1, 0.15) is 10.9 Å². The van der Waals surface area contributed by atoms with E-state index < -0.39 is 0 Å². The van der Waals surface area contributed by atoms with Gasteiger partial charge < -0.3 is 14.8 Å². The fourth-order valence-corrected chi connectivity index (χ4v) is 5.29. The number of para-hydroxylation sites is 1. The summed E-state index contributed by atoms with van der Waals surface area (Å²) in [6.45, 7) is -0.184. The summed E-state index contributed by atoms with van der Waals surface area (Å²) in [5.74, 6) is 0.968. The maximum absolute atomic E-state index is 12.6. The number of amides is 2. The van der Waals surface area contributed by atoms with Gasteiger partial charge in [-0.15, -0.1) is 11.8 Å². The van der Waals surface area contributed by atoms with E-state index in [9.17, 15) is 9.59 Å². The van der Waals surface area contributed by atoms with Crippen LogP contribution in [0.25, 0.3) is 0 Å². The first kappa shape index (κ1) is 23.5. The maximum Gasteiger partial charge on any atom is 0.262 e. The van der Waals surface area contributed by atoms with Crippen LogP contribution in [0.15, 0.2) is 71.2 Å². The highest BCUT2D eigenvalue weighted by atomic mass is 79.9. The van der Waals surface area contributed by atoms with Gasteiger partial charge in [0.15, 0.2) is 18.1 Å². The van der Waals surface area contributed by atoms with Crippen molar-refractivity contribution in [2.75, 3.05) is 29.7 Å². The first-order valence-electron chi connectivity index (χ1n) is 10.0. The van der Waals surface area contributed by atoms with E-state index in [4.69, 9.17) is 21.1 Å². The summed E-state index contributed by atoms with van der Waals surface area (Å²) < 4.78 is 11.9. The Bertz CT molecular complexity index is 1160. The molecule has 3 aromatic rings. The Morgan fingerprint density at radius 1 is 1.18 bits per heavy atom. The zero-order valence-corrected chi connectivity index (χ0v) is 20.7. The Balaban J connectivity index is 1.53. The van der Waals surface area contributed by atoms with Crippen LogP contribution < -0.4 is 19.7 Å². The van der Waals surface area contributed by atoms with Crippen LogP contribution in [0.3, 0.4) is 0 Å². The van der Waals surface area contributed by atoms with Crippen molar-refractivity contribution in [2.45, 2.75) is 5.37 Å². The number of halogens is 2. The standard InChI is InChI=1S/C24H20BrClN2O4S/c1-31-20-12-15(24-28(22(30)14-33-24)18-9-7-16(26)8-10-18)11-19(25)23(20)32-13-21(29)27-17-5-3-2-4-6-17/h2-12,24H,13-14H2,1H3,(H,27,29)/t24-/m1/s1. The van der Waals surface area contributed by atoms with E-state index >= 15 is 0 Å². The molecule has 1 atom stereocenters. The van der Waals surface area contributed by atoms with E-state index in [0.29, 0.717) is 32.4 Å². The zero-order chi connectivity index (χ0) is 23.4. The summed E-state index contributed by atoms with van der Waals surface area (Å²) in [6.07, 6.45) is 0. The van der Waals surface area contributed by atoms with Crippen molar-refractivity contribution in [3.8, 4) is 11.5 Å². The third-order valence-corrected chi connectivity index (χ3v) is 6.97. The number of thioether (sulfide) groups is 1. The lowest BCUT2D eigenvalue weighted by Crippen LogP contribution is -2.27. The molecule has 0 unspecified atom stereocenters. The smallest absolute Gasteiger partial charge is 0.262 e. The molecule has 170 valence electrons. The molecule has 1 heterocycles. The number of hydrogen-bond acceptors (Lipinski definition) is 5. The lowest BCUT2D eigenvalue weighted by molar-refractivity contribution is -0.118. The minimum Gasteiger partial charge on any atom is -0.493 e. The number of anilines is 2. The molecule has 3 aromatic carbocycles. The summed E-state index contributed by atoms with van der Waals surface area (Å²) in [6, 6.07) is 20.0. The Morgan fingerprint density at radius 3 is 2.61 bits per heavy atom. The van der Waals surface area contributed by atoms with Gasteiger partial charge in [-0.3, -0.25) is 14.5 Å². The highest BCUT2D eigenvalue weighted by molar-refractivity contribution is 9.10. The molecule has 6 nitrogen and oxygen atoms in total. The predicted molar refractivity (Wildman–Crippen MR) is 135 cm³/mol. The van der Waals surface area contributed by atoms with Gasteiger partial charge in [0.05, 0.1) is 17.3 Å². The Labute approximate surface area is 209 Å². The Morgan fingerprint density at radius 2 is 1.91 bits per heavy atom. The van der Waals surface area contributed by atoms with Crippen molar-refractivity contribution in [2.24, 2.45) is 0 Å². The molecule has 1 saturated heterocycles. The van der Waals surface area contributed by atoms with Gasteiger partial charge in [0.1, 0.15) is 5.37 Å². The van der Waals surface area contributed by atoms with E-state index in [2.05, 4.69) is 21.2 Å². The van der Waals surface area contributed by atoms with Crippen molar-refractivity contribution in [1.82, 2.24) is 0 Å². The van der Waals surface area contributed by atoms with Gasteiger partial charge >= 0.3 is 0 Å². The molecule has 2 amide bonds. The lowest BCUT2D eigenvalue weighted by Gasteiger charge is -2.25. The predicted octanol–water partition coefficient (Wildman–Crippen LogP) is 5.91. The molecule has 0 radical (unpaired) electrons. The van der Waals surface area contributed by atoms with E-state index in [1.54, 1.807) is 29.2 Å². The molecule has 1 fully saturated rings. The molecule has 0 aromatic heterocycles. The topological polar surface area (TPSA) is 67.9 Å². The quantitative estimate of drug-likeness (QED) is 0.398. The first-order valence-corrected chi connectivity index (χ1v) is 12.2. The number of carbonyl (C=O) groups excluding carboxylic acids is 2. The number of nitrogens with one attached hydrogen (secondary N) is 1. The molecule has 9 heteroatoms. The molecule has 1 aliphatic rings. The highest BCUT2D eigenvalue weighted by Crippen LogP contribution is 2.46. The zero-order valence-electron chi connectivity index (χ0n) is 17.6. The normalized spacial score (nSPS) is 15.4. The number of nitrogens with zero attached hydrogens (tertiary/aromatic N) is 1. The van der Waals surface area contributed by atoms with Crippen LogP contribution >= 0.6 is 39.3 Å². The van der Waals surface area contributed by atoms with Crippen molar-refractivity contribution in [1.29, 1.82) is 0 Å². The van der Waals surface area contributed by atoms with Gasteiger partial charge in [0, 0.05) is 16.4 Å². The molecule has 0 spiro atoms. The van der Waals surface area contributed by atoms with Gasteiger partial charge in [0.2, 0.25) is 5.91 Å². The Hall–Kier alpha value is -2.68. The third kappa shape index (κ3) is 5.46. The molecule has 4 rings (SSSR count). The second-order valence-corrected chi connectivity index (χ2v) is 9.50. The first-order chi connectivity index (χ1) is 16.0. The number of ether oxygens (including phenoxy) is 2. The average Bonchev–Trinajstić information content (AvgIpc) is 3.20. The molecule has 0 bridgehead atoms. The van der Waals surface area contributed by atoms with Crippen LogP contribution in [-0.4, -0.2) is 31.3 Å². The Kier molecular flexibility index (Phi) is 7.47.